The van der Waals surface area contributed by atoms with Crippen LogP contribution in [0.3, 0.4) is 0 Å². The van der Waals surface area contributed by atoms with Crippen molar-refractivity contribution in [2.45, 2.75) is 323 Å². The predicted molar refractivity (Wildman–Crippen MR) is 270 cm³/mol. The van der Waals surface area contributed by atoms with Crippen LogP contribution in [-0.4, -0.2) is 37.2 Å². The zero-order chi connectivity index (χ0) is 46.1. The van der Waals surface area contributed by atoms with E-state index in [4.69, 9.17) is 14.2 Å². The maximum absolute atomic E-state index is 12.8. The molecule has 0 saturated carbocycles. The van der Waals surface area contributed by atoms with E-state index in [0.717, 1.165) is 69.6 Å². The molecule has 63 heavy (non-hydrogen) atoms. The minimum absolute atomic E-state index is 0.0633. The molecule has 2 atom stereocenters. The molecule has 0 aliphatic rings. The summed E-state index contributed by atoms with van der Waals surface area (Å²) >= 11 is 0. The average Bonchev–Trinajstić information content (AvgIpc) is 3.27. The standard InChI is InChI=1S/C57H110O6/c1-6-8-9-10-11-25-32-37-42-47-55(58)61-50-54(51-62-56(59)48-43-38-33-28-24-20-21-26-30-35-40-45-52(3)4)63-57(60)49-44-39-34-29-23-19-17-15-13-12-14-16-18-22-27-31-36-41-46-53(5)7-2/h52-54H,6-51H2,1-5H3/t53?,54-/m1/s1. The Kier molecular flexibility index (Phi) is 48.6. The van der Waals surface area contributed by atoms with Crippen molar-refractivity contribution in [3.8, 4) is 0 Å². The molecule has 0 aromatic carbocycles. The molecule has 1 unspecified atom stereocenters. The number of carbonyl (C=O) groups excluding carboxylic acids is 3. The molecule has 374 valence electrons. The minimum Gasteiger partial charge on any atom is -0.462 e. The number of esters is 3. The summed E-state index contributed by atoms with van der Waals surface area (Å²) in [6.07, 6.45) is 52.4. The zero-order valence-electron chi connectivity index (χ0n) is 43.2. The molecule has 0 radical (unpaired) electrons. The lowest BCUT2D eigenvalue weighted by molar-refractivity contribution is -0.167. The lowest BCUT2D eigenvalue weighted by atomic mass is 9.99. The van der Waals surface area contributed by atoms with Crippen LogP contribution in [0.5, 0.6) is 0 Å². The van der Waals surface area contributed by atoms with E-state index in [1.54, 1.807) is 0 Å². The van der Waals surface area contributed by atoms with Crippen molar-refractivity contribution in [3.05, 3.63) is 0 Å². The van der Waals surface area contributed by atoms with E-state index in [1.807, 2.05) is 0 Å². The van der Waals surface area contributed by atoms with Crippen LogP contribution in [0.2, 0.25) is 0 Å². The molecular weight excluding hydrogens is 781 g/mol. The highest BCUT2D eigenvalue weighted by molar-refractivity contribution is 5.71. The summed E-state index contributed by atoms with van der Waals surface area (Å²) in [6.45, 7) is 11.4. The second-order valence-corrected chi connectivity index (χ2v) is 20.3. The predicted octanol–water partition coefficient (Wildman–Crippen LogP) is 18.5. The smallest absolute Gasteiger partial charge is 0.306 e. The third kappa shape index (κ3) is 49.7. The Balaban J connectivity index is 4.19. The lowest BCUT2D eigenvalue weighted by Crippen LogP contribution is -2.30. The fourth-order valence-corrected chi connectivity index (χ4v) is 8.66. The highest BCUT2D eigenvalue weighted by Gasteiger charge is 2.19. The van der Waals surface area contributed by atoms with Crippen molar-refractivity contribution in [2.75, 3.05) is 13.2 Å². The highest BCUT2D eigenvalue weighted by atomic mass is 16.6. The van der Waals surface area contributed by atoms with Gasteiger partial charge in [-0.1, -0.05) is 279 Å². The molecule has 0 rings (SSSR count). The minimum atomic E-state index is -0.761. The summed E-state index contributed by atoms with van der Waals surface area (Å²) in [5.41, 5.74) is 0. The molecule has 6 nitrogen and oxygen atoms in total. The average molecular weight is 892 g/mol. The van der Waals surface area contributed by atoms with E-state index in [2.05, 4.69) is 34.6 Å². The molecule has 0 N–H and O–H groups in total. The summed E-state index contributed by atoms with van der Waals surface area (Å²) in [4.78, 5) is 38.0. The van der Waals surface area contributed by atoms with Crippen molar-refractivity contribution >= 4 is 17.9 Å². The molecule has 0 spiro atoms. The number of ether oxygens (including phenoxy) is 3. The molecule has 0 heterocycles. The Morgan fingerprint density at radius 3 is 0.905 bits per heavy atom. The van der Waals surface area contributed by atoms with Gasteiger partial charge in [0.25, 0.3) is 0 Å². The number of hydrogen-bond acceptors (Lipinski definition) is 6. The van der Waals surface area contributed by atoms with Gasteiger partial charge in [-0.15, -0.1) is 0 Å². The summed E-state index contributed by atoms with van der Waals surface area (Å²) in [7, 11) is 0. The van der Waals surface area contributed by atoms with Crippen LogP contribution in [0.1, 0.15) is 317 Å². The quantitative estimate of drug-likeness (QED) is 0.0344. The second-order valence-electron chi connectivity index (χ2n) is 20.3. The van der Waals surface area contributed by atoms with Gasteiger partial charge in [0.05, 0.1) is 0 Å². The fraction of sp³-hybridized carbons (Fsp3) is 0.947. The SMILES string of the molecule is CCCCCCCCCCCC(=O)OC[C@H](COC(=O)CCCCCCCCCCCCCC(C)C)OC(=O)CCCCCCCCCCCCCCCCCCCCC(C)CC. The summed E-state index contributed by atoms with van der Waals surface area (Å²) in [6, 6.07) is 0. The van der Waals surface area contributed by atoms with Crippen molar-refractivity contribution in [1.29, 1.82) is 0 Å². The van der Waals surface area contributed by atoms with Crippen molar-refractivity contribution in [2.24, 2.45) is 11.8 Å². The largest absolute Gasteiger partial charge is 0.462 e. The van der Waals surface area contributed by atoms with E-state index >= 15 is 0 Å². The molecule has 0 saturated heterocycles. The van der Waals surface area contributed by atoms with Crippen LogP contribution in [-0.2, 0) is 28.6 Å². The van der Waals surface area contributed by atoms with Gasteiger partial charge in [0.15, 0.2) is 6.10 Å². The molecule has 6 heteroatoms. The monoisotopic (exact) mass is 891 g/mol. The van der Waals surface area contributed by atoms with Crippen LogP contribution in [0, 0.1) is 11.8 Å². The Hall–Kier alpha value is -1.59. The number of rotatable bonds is 51. The van der Waals surface area contributed by atoms with E-state index in [9.17, 15) is 14.4 Å². The molecule has 0 aliphatic heterocycles. The van der Waals surface area contributed by atoms with Gasteiger partial charge in [-0.05, 0) is 31.1 Å². The molecule has 0 amide bonds. The van der Waals surface area contributed by atoms with Crippen LogP contribution < -0.4 is 0 Å². The van der Waals surface area contributed by atoms with Gasteiger partial charge in [-0.25, -0.2) is 0 Å². The first-order chi connectivity index (χ1) is 30.8. The first-order valence-electron chi connectivity index (χ1n) is 28.3. The first-order valence-corrected chi connectivity index (χ1v) is 28.3. The van der Waals surface area contributed by atoms with Crippen molar-refractivity contribution in [1.82, 2.24) is 0 Å². The van der Waals surface area contributed by atoms with Gasteiger partial charge >= 0.3 is 17.9 Å². The number of carbonyl (C=O) groups is 3. The summed E-state index contributed by atoms with van der Waals surface area (Å²) in [5, 5.41) is 0. The van der Waals surface area contributed by atoms with Gasteiger partial charge in [0.2, 0.25) is 0 Å². The highest BCUT2D eigenvalue weighted by Crippen LogP contribution is 2.18. The maximum Gasteiger partial charge on any atom is 0.306 e. The van der Waals surface area contributed by atoms with Crippen LogP contribution in [0.15, 0.2) is 0 Å². The molecule has 0 bridgehead atoms. The van der Waals surface area contributed by atoms with E-state index < -0.39 is 6.10 Å². The number of hydrogen-bond donors (Lipinski definition) is 0. The fourth-order valence-electron chi connectivity index (χ4n) is 8.66. The van der Waals surface area contributed by atoms with Gasteiger partial charge in [-0.3, -0.25) is 14.4 Å². The summed E-state index contributed by atoms with van der Waals surface area (Å²) < 4.78 is 16.8. The normalized spacial score (nSPS) is 12.5. The topological polar surface area (TPSA) is 78.9 Å². The molecule has 0 fully saturated rings. The Labute approximate surface area is 393 Å². The van der Waals surface area contributed by atoms with Gasteiger partial charge < -0.3 is 14.2 Å². The maximum atomic E-state index is 12.8. The zero-order valence-corrected chi connectivity index (χ0v) is 43.2. The second kappa shape index (κ2) is 49.8. The third-order valence-corrected chi connectivity index (χ3v) is 13.3. The Morgan fingerprint density at radius 2 is 0.603 bits per heavy atom. The van der Waals surface area contributed by atoms with Gasteiger partial charge in [0, 0.05) is 19.3 Å². The van der Waals surface area contributed by atoms with Gasteiger partial charge in [0.1, 0.15) is 13.2 Å². The lowest BCUT2D eigenvalue weighted by Gasteiger charge is -2.18. The first kappa shape index (κ1) is 61.4. The van der Waals surface area contributed by atoms with E-state index in [0.29, 0.717) is 19.3 Å². The molecular formula is C57H110O6. The summed E-state index contributed by atoms with van der Waals surface area (Å²) in [5.74, 6) is 0.891. The Bertz CT molecular complexity index is 964. The molecule has 0 aromatic rings. The van der Waals surface area contributed by atoms with Crippen molar-refractivity contribution in [3.63, 3.8) is 0 Å². The van der Waals surface area contributed by atoms with Crippen molar-refractivity contribution < 1.29 is 28.6 Å². The van der Waals surface area contributed by atoms with Gasteiger partial charge in [-0.2, -0.15) is 0 Å². The van der Waals surface area contributed by atoms with E-state index in [1.165, 1.54) is 205 Å². The van der Waals surface area contributed by atoms with Crippen LogP contribution in [0.25, 0.3) is 0 Å². The molecule has 0 aliphatic carbocycles. The Morgan fingerprint density at radius 1 is 0.333 bits per heavy atom. The van der Waals surface area contributed by atoms with Crippen LogP contribution in [0.4, 0.5) is 0 Å². The number of unbranched alkanes of at least 4 members (excludes halogenated alkanes) is 35. The molecule has 0 aromatic heterocycles. The third-order valence-electron chi connectivity index (χ3n) is 13.3. The van der Waals surface area contributed by atoms with E-state index in [-0.39, 0.29) is 31.1 Å². The van der Waals surface area contributed by atoms with Crippen LogP contribution >= 0.6 is 0 Å².